The summed E-state index contributed by atoms with van der Waals surface area (Å²) in [5.41, 5.74) is 3.51. The number of nitrogens with one attached hydrogen (secondary N) is 1. The molecule has 0 saturated heterocycles. The molecule has 0 saturated carbocycles. The number of aryl methyl sites for hydroxylation is 3. The maximum Gasteiger partial charge on any atom is 0.340 e. The van der Waals surface area contributed by atoms with Crippen molar-refractivity contribution in [2.24, 2.45) is 0 Å². The average molecular weight is 387 g/mol. The van der Waals surface area contributed by atoms with E-state index in [1.54, 1.807) is 19.9 Å². The van der Waals surface area contributed by atoms with E-state index in [1.807, 2.05) is 32.3 Å². The fourth-order valence-electron chi connectivity index (χ4n) is 3.23. The van der Waals surface area contributed by atoms with Crippen molar-refractivity contribution in [1.29, 1.82) is 0 Å². The molecule has 28 heavy (non-hydrogen) atoms. The lowest BCUT2D eigenvalue weighted by Crippen LogP contribution is -2.22. The minimum atomic E-state index is -0.641. The number of anilines is 1. The second-order valence-electron chi connectivity index (χ2n) is 7.08. The molecule has 2 aromatic rings. The highest BCUT2D eigenvalue weighted by Gasteiger charge is 2.21. The van der Waals surface area contributed by atoms with Crippen molar-refractivity contribution in [2.75, 3.05) is 11.9 Å². The summed E-state index contributed by atoms with van der Waals surface area (Å²) in [6.07, 6.45) is 0. The Kier molecular flexibility index (Phi) is 6.23. The number of carbonyl (C=O) groups excluding carboxylic acids is 2. The first kappa shape index (κ1) is 21.1. The zero-order valence-corrected chi connectivity index (χ0v) is 17.0. The van der Waals surface area contributed by atoms with Gasteiger partial charge in [0.2, 0.25) is 0 Å². The molecule has 0 unspecified atom stereocenters. The number of nitro benzene ring substituents is 1. The molecule has 1 aromatic heterocycles. The van der Waals surface area contributed by atoms with Crippen molar-refractivity contribution in [3.8, 4) is 0 Å². The first-order valence-electron chi connectivity index (χ1n) is 8.94. The number of benzene rings is 1. The van der Waals surface area contributed by atoms with E-state index in [4.69, 9.17) is 4.74 Å². The zero-order chi connectivity index (χ0) is 21.2. The van der Waals surface area contributed by atoms with E-state index in [2.05, 4.69) is 5.32 Å². The normalized spacial score (nSPS) is 10.8. The monoisotopic (exact) mass is 387 g/mol. The van der Waals surface area contributed by atoms with E-state index in [1.165, 1.54) is 12.1 Å². The van der Waals surface area contributed by atoms with E-state index in [9.17, 15) is 19.7 Å². The lowest BCUT2D eigenvalue weighted by Gasteiger charge is -2.13. The van der Waals surface area contributed by atoms with E-state index in [0.29, 0.717) is 5.56 Å². The first-order valence-corrected chi connectivity index (χ1v) is 8.94. The molecule has 0 atom stereocenters. The zero-order valence-electron chi connectivity index (χ0n) is 17.0. The van der Waals surface area contributed by atoms with Crippen molar-refractivity contribution < 1.29 is 19.2 Å². The van der Waals surface area contributed by atoms with Crippen LogP contribution in [0.3, 0.4) is 0 Å². The van der Waals surface area contributed by atoms with Crippen molar-refractivity contribution >= 4 is 23.3 Å². The molecule has 2 rings (SSSR count). The standard InChI is InChI=1S/C20H25N3O5/c1-11(2)22-14(5)9-16(15(22)6)20(25)28-10-19(24)21-17-7-12(3)13(4)8-18(17)23(26)27/h7-9,11H,10H2,1-6H3,(H,21,24). The predicted molar refractivity (Wildman–Crippen MR) is 106 cm³/mol. The number of nitro groups is 1. The Hall–Kier alpha value is -3.16. The van der Waals surface area contributed by atoms with Crippen LogP contribution in [-0.2, 0) is 9.53 Å². The van der Waals surface area contributed by atoms with Crippen molar-refractivity contribution in [2.45, 2.75) is 47.6 Å². The van der Waals surface area contributed by atoms with Crippen LogP contribution in [-0.4, -0.2) is 28.0 Å². The molecule has 8 nitrogen and oxygen atoms in total. The van der Waals surface area contributed by atoms with Gasteiger partial charge in [0.1, 0.15) is 5.69 Å². The highest BCUT2D eigenvalue weighted by Crippen LogP contribution is 2.28. The average Bonchev–Trinajstić information content (AvgIpc) is 2.90. The maximum atomic E-state index is 12.4. The van der Waals surface area contributed by atoms with Crippen LogP contribution >= 0.6 is 0 Å². The van der Waals surface area contributed by atoms with Crippen molar-refractivity contribution in [3.05, 3.63) is 56.4 Å². The van der Waals surface area contributed by atoms with Gasteiger partial charge in [-0.1, -0.05) is 0 Å². The van der Waals surface area contributed by atoms with Crippen LogP contribution in [0.25, 0.3) is 0 Å². The number of aromatic nitrogens is 1. The molecule has 150 valence electrons. The Labute approximate surface area is 163 Å². The van der Waals surface area contributed by atoms with Crippen LogP contribution in [0.2, 0.25) is 0 Å². The summed E-state index contributed by atoms with van der Waals surface area (Å²) >= 11 is 0. The van der Waals surface area contributed by atoms with E-state index >= 15 is 0 Å². The number of hydrogen-bond donors (Lipinski definition) is 1. The summed E-state index contributed by atoms with van der Waals surface area (Å²) in [4.78, 5) is 35.2. The summed E-state index contributed by atoms with van der Waals surface area (Å²) in [7, 11) is 0. The largest absolute Gasteiger partial charge is 0.452 e. The number of hydrogen-bond acceptors (Lipinski definition) is 5. The number of rotatable bonds is 6. The number of amides is 1. The molecule has 0 aliphatic rings. The fraction of sp³-hybridized carbons (Fsp3) is 0.400. The number of nitrogens with zero attached hydrogens (tertiary/aromatic N) is 2. The van der Waals surface area contributed by atoms with Gasteiger partial charge in [-0.2, -0.15) is 0 Å². The molecule has 0 fully saturated rings. The second kappa shape index (κ2) is 8.24. The minimum Gasteiger partial charge on any atom is -0.452 e. The second-order valence-corrected chi connectivity index (χ2v) is 7.08. The molecule has 0 aliphatic carbocycles. The van der Waals surface area contributed by atoms with Gasteiger partial charge >= 0.3 is 5.97 Å². The van der Waals surface area contributed by atoms with Crippen molar-refractivity contribution in [1.82, 2.24) is 4.57 Å². The Bertz CT molecular complexity index is 944. The molecule has 1 heterocycles. The third-order valence-corrected chi connectivity index (χ3v) is 4.64. The Morgan fingerprint density at radius 3 is 2.29 bits per heavy atom. The highest BCUT2D eigenvalue weighted by atomic mass is 16.6. The lowest BCUT2D eigenvalue weighted by atomic mass is 10.1. The van der Waals surface area contributed by atoms with E-state index < -0.39 is 23.4 Å². The SMILES string of the molecule is Cc1cc(NC(=O)COC(=O)c2cc(C)n(C(C)C)c2C)c([N+](=O)[O-])cc1C. The predicted octanol–water partition coefficient (Wildman–Crippen LogP) is 4.01. The first-order chi connectivity index (χ1) is 13.0. The van der Waals surface area contributed by atoms with Gasteiger partial charge in [0.05, 0.1) is 10.5 Å². The topological polar surface area (TPSA) is 103 Å². The number of carbonyl (C=O) groups is 2. The molecule has 8 heteroatoms. The summed E-state index contributed by atoms with van der Waals surface area (Å²) in [5, 5.41) is 13.7. The Morgan fingerprint density at radius 2 is 1.75 bits per heavy atom. The summed E-state index contributed by atoms with van der Waals surface area (Å²) in [6.45, 7) is 10.8. The van der Waals surface area contributed by atoms with E-state index in [-0.39, 0.29) is 17.4 Å². The lowest BCUT2D eigenvalue weighted by molar-refractivity contribution is -0.384. The van der Waals surface area contributed by atoms with E-state index in [0.717, 1.165) is 22.5 Å². The number of esters is 1. The molecule has 1 amide bonds. The molecule has 0 spiro atoms. The van der Waals surface area contributed by atoms with Gasteiger partial charge in [0, 0.05) is 23.5 Å². The Morgan fingerprint density at radius 1 is 1.14 bits per heavy atom. The quantitative estimate of drug-likeness (QED) is 0.458. The molecule has 0 aliphatic heterocycles. The Balaban J connectivity index is 2.10. The van der Waals surface area contributed by atoms with Gasteiger partial charge in [0.15, 0.2) is 6.61 Å². The van der Waals surface area contributed by atoms with Crippen LogP contribution in [0.5, 0.6) is 0 Å². The van der Waals surface area contributed by atoms with Gasteiger partial charge in [-0.3, -0.25) is 14.9 Å². The molecule has 0 radical (unpaired) electrons. The molecule has 0 bridgehead atoms. The molecule has 1 N–H and O–H groups in total. The maximum absolute atomic E-state index is 12.4. The smallest absolute Gasteiger partial charge is 0.340 e. The van der Waals surface area contributed by atoms with Gasteiger partial charge in [-0.15, -0.1) is 0 Å². The highest BCUT2D eigenvalue weighted by molar-refractivity contribution is 5.97. The summed E-state index contributed by atoms with van der Waals surface area (Å²) in [6, 6.07) is 4.85. The summed E-state index contributed by atoms with van der Waals surface area (Å²) in [5.74, 6) is -1.25. The third kappa shape index (κ3) is 4.39. The van der Waals surface area contributed by atoms with Crippen LogP contribution < -0.4 is 5.32 Å². The minimum absolute atomic E-state index is 0.0761. The van der Waals surface area contributed by atoms with Gasteiger partial charge in [-0.05, 0) is 64.8 Å². The third-order valence-electron chi connectivity index (χ3n) is 4.64. The van der Waals surface area contributed by atoms with Gasteiger partial charge < -0.3 is 14.6 Å². The van der Waals surface area contributed by atoms with Crippen LogP contribution in [0.4, 0.5) is 11.4 Å². The fourth-order valence-corrected chi connectivity index (χ4v) is 3.23. The number of ether oxygens (including phenoxy) is 1. The van der Waals surface area contributed by atoms with Gasteiger partial charge in [0.25, 0.3) is 11.6 Å². The van der Waals surface area contributed by atoms with Crippen LogP contribution in [0, 0.1) is 37.8 Å². The van der Waals surface area contributed by atoms with Gasteiger partial charge in [-0.25, -0.2) is 4.79 Å². The summed E-state index contributed by atoms with van der Waals surface area (Å²) < 4.78 is 7.12. The molecule has 1 aromatic carbocycles. The van der Waals surface area contributed by atoms with Crippen molar-refractivity contribution in [3.63, 3.8) is 0 Å². The molecular formula is C20H25N3O5. The van der Waals surface area contributed by atoms with Crippen LogP contribution in [0.15, 0.2) is 18.2 Å². The van der Waals surface area contributed by atoms with Crippen LogP contribution in [0.1, 0.15) is 52.8 Å². The molecular weight excluding hydrogens is 362 g/mol.